The van der Waals surface area contributed by atoms with Gasteiger partial charge in [0.15, 0.2) is 0 Å². The van der Waals surface area contributed by atoms with Gasteiger partial charge >= 0.3 is 0 Å². The highest BCUT2D eigenvalue weighted by Crippen LogP contribution is 2.29. The molecule has 1 heterocycles. The van der Waals surface area contributed by atoms with Gasteiger partial charge < -0.3 is 10.3 Å². The van der Waals surface area contributed by atoms with Crippen molar-refractivity contribution in [3.05, 3.63) is 76.0 Å². The Kier molecular flexibility index (Phi) is 4.48. The SMILES string of the molecule is NCc1ccc(Cn2ccnc2-c2ccc(Cl)cc2Cl)cc1. The summed E-state index contributed by atoms with van der Waals surface area (Å²) in [5.74, 6) is 0.824. The minimum absolute atomic E-state index is 0.553. The smallest absolute Gasteiger partial charge is 0.141 e. The van der Waals surface area contributed by atoms with Crippen LogP contribution in [0.15, 0.2) is 54.9 Å². The van der Waals surface area contributed by atoms with Gasteiger partial charge in [-0.3, -0.25) is 0 Å². The number of imidazole rings is 1. The monoisotopic (exact) mass is 331 g/mol. The van der Waals surface area contributed by atoms with Gasteiger partial charge in [0.05, 0.1) is 5.02 Å². The van der Waals surface area contributed by atoms with Gasteiger partial charge in [-0.1, -0.05) is 47.5 Å². The minimum atomic E-state index is 0.553. The van der Waals surface area contributed by atoms with Crippen LogP contribution in [0.25, 0.3) is 11.4 Å². The van der Waals surface area contributed by atoms with Crippen LogP contribution in [0.3, 0.4) is 0 Å². The van der Waals surface area contributed by atoms with E-state index in [0.29, 0.717) is 16.6 Å². The van der Waals surface area contributed by atoms with Crippen LogP contribution in [-0.2, 0) is 13.1 Å². The quantitative estimate of drug-likeness (QED) is 0.771. The van der Waals surface area contributed by atoms with E-state index in [4.69, 9.17) is 28.9 Å². The molecule has 3 aromatic rings. The van der Waals surface area contributed by atoms with E-state index in [9.17, 15) is 0 Å². The molecule has 22 heavy (non-hydrogen) atoms. The molecular weight excluding hydrogens is 317 g/mol. The lowest BCUT2D eigenvalue weighted by atomic mass is 10.1. The first-order chi connectivity index (χ1) is 10.7. The lowest BCUT2D eigenvalue weighted by Crippen LogP contribution is -2.02. The average molecular weight is 332 g/mol. The summed E-state index contributed by atoms with van der Waals surface area (Å²) in [5, 5.41) is 1.21. The molecular formula is C17H15Cl2N3. The Labute approximate surface area is 139 Å². The Hall–Kier alpha value is -1.81. The Bertz CT molecular complexity index is 779. The number of benzene rings is 2. The topological polar surface area (TPSA) is 43.8 Å². The lowest BCUT2D eigenvalue weighted by molar-refractivity contribution is 0.806. The number of hydrogen-bond donors (Lipinski definition) is 1. The maximum absolute atomic E-state index is 6.28. The molecule has 0 aliphatic heterocycles. The van der Waals surface area contributed by atoms with Crippen molar-refractivity contribution in [3.8, 4) is 11.4 Å². The van der Waals surface area contributed by atoms with Crippen molar-refractivity contribution in [3.63, 3.8) is 0 Å². The maximum Gasteiger partial charge on any atom is 0.141 e. The molecule has 0 atom stereocenters. The number of aromatic nitrogens is 2. The van der Waals surface area contributed by atoms with Crippen LogP contribution in [0.4, 0.5) is 0 Å². The van der Waals surface area contributed by atoms with E-state index in [0.717, 1.165) is 23.5 Å². The van der Waals surface area contributed by atoms with Gasteiger partial charge in [-0.25, -0.2) is 4.98 Å². The van der Waals surface area contributed by atoms with E-state index in [-0.39, 0.29) is 0 Å². The molecule has 5 heteroatoms. The maximum atomic E-state index is 6.28. The third-order valence-electron chi connectivity index (χ3n) is 3.50. The molecule has 2 N–H and O–H groups in total. The molecule has 0 spiro atoms. The van der Waals surface area contributed by atoms with Gasteiger partial charge in [0.2, 0.25) is 0 Å². The second kappa shape index (κ2) is 6.53. The van der Waals surface area contributed by atoms with Crippen LogP contribution >= 0.6 is 23.2 Å². The average Bonchev–Trinajstić information content (AvgIpc) is 2.96. The molecule has 0 radical (unpaired) electrons. The molecule has 0 amide bonds. The Morgan fingerprint density at radius 3 is 2.41 bits per heavy atom. The second-order valence-corrected chi connectivity index (χ2v) is 5.87. The van der Waals surface area contributed by atoms with Crippen LogP contribution in [0.2, 0.25) is 10.0 Å². The van der Waals surface area contributed by atoms with Crippen molar-refractivity contribution in [2.24, 2.45) is 5.73 Å². The molecule has 0 fully saturated rings. The summed E-state index contributed by atoms with van der Waals surface area (Å²) in [6.07, 6.45) is 3.71. The van der Waals surface area contributed by atoms with Crippen LogP contribution in [0.5, 0.6) is 0 Å². The van der Waals surface area contributed by atoms with E-state index in [1.807, 2.05) is 30.5 Å². The molecule has 0 aliphatic rings. The standard InChI is InChI=1S/C17H15Cl2N3/c18-14-5-6-15(16(19)9-14)17-21-7-8-22(17)11-13-3-1-12(10-20)2-4-13/h1-9H,10-11,20H2. The van der Waals surface area contributed by atoms with Crippen molar-refractivity contribution < 1.29 is 0 Å². The fraction of sp³-hybridized carbons (Fsp3) is 0.118. The van der Waals surface area contributed by atoms with E-state index in [2.05, 4.69) is 21.7 Å². The molecule has 0 bridgehead atoms. The summed E-state index contributed by atoms with van der Waals surface area (Å²) in [6.45, 7) is 1.27. The molecule has 3 nitrogen and oxygen atoms in total. The Balaban J connectivity index is 1.91. The van der Waals surface area contributed by atoms with Gasteiger partial charge in [0.25, 0.3) is 0 Å². The van der Waals surface area contributed by atoms with E-state index < -0.39 is 0 Å². The molecule has 0 aliphatic carbocycles. The summed E-state index contributed by atoms with van der Waals surface area (Å²) in [6, 6.07) is 13.7. The number of nitrogens with zero attached hydrogens (tertiary/aromatic N) is 2. The lowest BCUT2D eigenvalue weighted by Gasteiger charge is -2.10. The van der Waals surface area contributed by atoms with Crippen LogP contribution in [0.1, 0.15) is 11.1 Å². The van der Waals surface area contributed by atoms with Crippen molar-refractivity contribution in [1.29, 1.82) is 0 Å². The normalized spacial score (nSPS) is 10.9. The molecule has 0 unspecified atom stereocenters. The number of hydrogen-bond acceptors (Lipinski definition) is 2. The Morgan fingerprint density at radius 2 is 1.73 bits per heavy atom. The molecule has 1 aromatic heterocycles. The highest BCUT2D eigenvalue weighted by Gasteiger charge is 2.10. The second-order valence-electron chi connectivity index (χ2n) is 5.02. The summed E-state index contributed by atoms with van der Waals surface area (Å²) >= 11 is 12.2. The van der Waals surface area contributed by atoms with Gasteiger partial charge in [0.1, 0.15) is 5.82 Å². The van der Waals surface area contributed by atoms with Crippen molar-refractivity contribution in [2.45, 2.75) is 13.1 Å². The summed E-state index contributed by atoms with van der Waals surface area (Å²) < 4.78 is 2.06. The molecule has 0 saturated carbocycles. The van der Waals surface area contributed by atoms with E-state index >= 15 is 0 Å². The zero-order chi connectivity index (χ0) is 15.5. The third kappa shape index (κ3) is 3.17. The van der Waals surface area contributed by atoms with Crippen LogP contribution < -0.4 is 5.73 Å². The van der Waals surface area contributed by atoms with Gasteiger partial charge in [0, 0.05) is 36.1 Å². The van der Waals surface area contributed by atoms with E-state index in [1.54, 1.807) is 12.3 Å². The highest BCUT2D eigenvalue weighted by molar-refractivity contribution is 6.36. The van der Waals surface area contributed by atoms with Crippen LogP contribution in [-0.4, -0.2) is 9.55 Å². The Morgan fingerprint density at radius 1 is 1.00 bits per heavy atom. The van der Waals surface area contributed by atoms with Crippen molar-refractivity contribution in [1.82, 2.24) is 9.55 Å². The summed E-state index contributed by atoms with van der Waals surface area (Å²) in [5.41, 5.74) is 8.80. The zero-order valence-corrected chi connectivity index (χ0v) is 13.3. The fourth-order valence-electron chi connectivity index (χ4n) is 2.33. The van der Waals surface area contributed by atoms with E-state index in [1.165, 1.54) is 5.56 Å². The number of rotatable bonds is 4. The number of nitrogens with two attached hydrogens (primary N) is 1. The third-order valence-corrected chi connectivity index (χ3v) is 4.05. The number of halogens is 2. The highest BCUT2D eigenvalue weighted by atomic mass is 35.5. The van der Waals surface area contributed by atoms with Gasteiger partial charge in [-0.2, -0.15) is 0 Å². The summed E-state index contributed by atoms with van der Waals surface area (Å²) in [7, 11) is 0. The first-order valence-corrected chi connectivity index (χ1v) is 7.67. The zero-order valence-electron chi connectivity index (χ0n) is 11.8. The largest absolute Gasteiger partial charge is 0.327 e. The molecule has 3 rings (SSSR count). The molecule has 2 aromatic carbocycles. The van der Waals surface area contributed by atoms with Crippen molar-refractivity contribution in [2.75, 3.05) is 0 Å². The van der Waals surface area contributed by atoms with Crippen molar-refractivity contribution >= 4 is 23.2 Å². The predicted molar refractivity (Wildman–Crippen MR) is 91.1 cm³/mol. The summed E-state index contributed by atoms with van der Waals surface area (Å²) in [4.78, 5) is 4.42. The van der Waals surface area contributed by atoms with Gasteiger partial charge in [-0.05, 0) is 29.3 Å². The van der Waals surface area contributed by atoms with Gasteiger partial charge in [-0.15, -0.1) is 0 Å². The molecule has 112 valence electrons. The fourth-order valence-corrected chi connectivity index (χ4v) is 2.82. The van der Waals surface area contributed by atoms with Crippen LogP contribution in [0, 0.1) is 0 Å². The minimum Gasteiger partial charge on any atom is -0.327 e. The molecule has 0 saturated heterocycles. The predicted octanol–water partition coefficient (Wildman–Crippen LogP) is 4.36. The first kappa shape index (κ1) is 15.1. The first-order valence-electron chi connectivity index (χ1n) is 6.92.